The quantitative estimate of drug-likeness (QED) is 0.854. The molecule has 0 saturated carbocycles. The Kier molecular flexibility index (Phi) is 5.74. The van der Waals surface area contributed by atoms with E-state index in [4.69, 9.17) is 4.74 Å². The summed E-state index contributed by atoms with van der Waals surface area (Å²) in [5.41, 5.74) is 4.72. The van der Waals surface area contributed by atoms with E-state index in [-0.39, 0.29) is 18.6 Å². The summed E-state index contributed by atoms with van der Waals surface area (Å²) >= 11 is 0. The molecule has 1 atom stereocenters. The number of rotatable bonds is 5. The van der Waals surface area contributed by atoms with Gasteiger partial charge in [0.1, 0.15) is 0 Å². The molecule has 0 unspecified atom stereocenters. The first-order chi connectivity index (χ1) is 11.4. The van der Waals surface area contributed by atoms with E-state index in [1.807, 2.05) is 52.0 Å². The third-order valence-corrected chi connectivity index (χ3v) is 4.11. The van der Waals surface area contributed by atoms with Crippen LogP contribution >= 0.6 is 0 Å². The number of nitrogens with one attached hydrogen (secondary N) is 1. The minimum atomic E-state index is -0.484. The molecular weight excluding hydrogens is 302 g/mol. The molecule has 0 aliphatic heterocycles. The van der Waals surface area contributed by atoms with Crippen molar-refractivity contribution in [3.63, 3.8) is 0 Å². The Balaban J connectivity index is 1.90. The molecule has 4 heteroatoms. The van der Waals surface area contributed by atoms with E-state index in [1.165, 1.54) is 11.1 Å². The number of aryl methyl sites for hydroxylation is 3. The van der Waals surface area contributed by atoms with Crippen molar-refractivity contribution in [2.45, 2.75) is 33.7 Å². The average Bonchev–Trinajstić information content (AvgIpc) is 2.55. The Bertz CT molecular complexity index is 752. The second-order valence-electron chi connectivity index (χ2n) is 6.02. The molecule has 0 bridgehead atoms. The molecule has 0 aromatic heterocycles. The van der Waals surface area contributed by atoms with Gasteiger partial charge in [0.2, 0.25) is 0 Å². The second kappa shape index (κ2) is 7.77. The number of esters is 1. The Morgan fingerprint density at radius 2 is 1.71 bits per heavy atom. The average molecular weight is 325 g/mol. The van der Waals surface area contributed by atoms with Gasteiger partial charge in [0, 0.05) is 0 Å². The molecule has 0 spiro atoms. The predicted octanol–water partition coefficient (Wildman–Crippen LogP) is 3.65. The smallest absolute Gasteiger partial charge is 0.338 e. The highest BCUT2D eigenvalue weighted by Gasteiger charge is 2.14. The second-order valence-corrected chi connectivity index (χ2v) is 6.02. The van der Waals surface area contributed by atoms with Gasteiger partial charge in [-0.1, -0.05) is 36.4 Å². The number of hydrogen-bond donors (Lipinski definition) is 1. The summed E-state index contributed by atoms with van der Waals surface area (Å²) in [7, 11) is 0. The lowest BCUT2D eigenvalue weighted by Crippen LogP contribution is -2.31. The molecule has 126 valence electrons. The molecule has 0 aliphatic carbocycles. The van der Waals surface area contributed by atoms with E-state index >= 15 is 0 Å². The van der Waals surface area contributed by atoms with Gasteiger partial charge in [-0.3, -0.25) is 4.79 Å². The van der Waals surface area contributed by atoms with E-state index in [9.17, 15) is 9.59 Å². The van der Waals surface area contributed by atoms with Crippen molar-refractivity contribution in [1.29, 1.82) is 0 Å². The number of carbonyl (C=O) groups is 2. The van der Waals surface area contributed by atoms with E-state index in [0.29, 0.717) is 5.56 Å². The Hall–Kier alpha value is -2.62. The van der Waals surface area contributed by atoms with Gasteiger partial charge in [0.15, 0.2) is 6.61 Å². The van der Waals surface area contributed by atoms with E-state index in [2.05, 4.69) is 11.4 Å². The van der Waals surface area contributed by atoms with Crippen molar-refractivity contribution in [2.75, 3.05) is 6.61 Å². The maximum atomic E-state index is 12.0. The molecule has 0 aliphatic rings. The van der Waals surface area contributed by atoms with Gasteiger partial charge in [-0.2, -0.15) is 0 Å². The number of ether oxygens (including phenoxy) is 1. The third kappa shape index (κ3) is 4.44. The maximum absolute atomic E-state index is 12.0. The number of benzene rings is 2. The van der Waals surface area contributed by atoms with Gasteiger partial charge >= 0.3 is 5.97 Å². The standard InChI is InChI=1S/C20H23NO3/c1-13-9-10-17(11-15(13)3)16(4)21-19(22)12-24-20(23)18-8-6-5-7-14(18)2/h5-11,16H,12H2,1-4H3,(H,21,22)/t16-/m1/s1. The summed E-state index contributed by atoms with van der Waals surface area (Å²) in [6.07, 6.45) is 0. The van der Waals surface area contributed by atoms with Crippen molar-refractivity contribution in [3.05, 3.63) is 70.3 Å². The van der Waals surface area contributed by atoms with E-state index < -0.39 is 5.97 Å². The van der Waals surface area contributed by atoms with Gasteiger partial charge in [0.05, 0.1) is 11.6 Å². The fourth-order valence-electron chi connectivity index (χ4n) is 2.41. The molecule has 1 N–H and O–H groups in total. The Morgan fingerprint density at radius 1 is 1.00 bits per heavy atom. The van der Waals surface area contributed by atoms with E-state index in [1.54, 1.807) is 12.1 Å². The highest BCUT2D eigenvalue weighted by atomic mass is 16.5. The number of carbonyl (C=O) groups excluding carboxylic acids is 2. The molecule has 2 aromatic carbocycles. The maximum Gasteiger partial charge on any atom is 0.338 e. The zero-order valence-corrected chi connectivity index (χ0v) is 14.6. The van der Waals surface area contributed by atoms with Crippen LogP contribution in [0.2, 0.25) is 0 Å². The fourth-order valence-corrected chi connectivity index (χ4v) is 2.41. The summed E-state index contributed by atoms with van der Waals surface area (Å²) in [5, 5.41) is 2.85. The van der Waals surface area contributed by atoms with Crippen molar-refractivity contribution in [3.8, 4) is 0 Å². The largest absolute Gasteiger partial charge is 0.452 e. The van der Waals surface area contributed by atoms with Crippen molar-refractivity contribution >= 4 is 11.9 Å². The summed E-state index contributed by atoms with van der Waals surface area (Å²) in [5.74, 6) is -0.801. The lowest BCUT2D eigenvalue weighted by molar-refractivity contribution is -0.124. The van der Waals surface area contributed by atoms with Crippen LogP contribution in [-0.2, 0) is 9.53 Å². The number of amides is 1. The van der Waals surface area contributed by atoms with Crippen molar-refractivity contribution < 1.29 is 14.3 Å². The highest BCUT2D eigenvalue weighted by Crippen LogP contribution is 2.16. The molecule has 0 radical (unpaired) electrons. The van der Waals surface area contributed by atoms with Crippen LogP contribution in [0.4, 0.5) is 0 Å². The van der Waals surface area contributed by atoms with Crippen LogP contribution in [0.25, 0.3) is 0 Å². The molecular formula is C20H23NO3. The third-order valence-electron chi connectivity index (χ3n) is 4.11. The summed E-state index contributed by atoms with van der Waals surface area (Å²) < 4.78 is 5.10. The normalized spacial score (nSPS) is 11.7. The zero-order chi connectivity index (χ0) is 17.7. The van der Waals surface area contributed by atoms with Gasteiger partial charge in [-0.15, -0.1) is 0 Å². The zero-order valence-electron chi connectivity index (χ0n) is 14.6. The summed E-state index contributed by atoms with van der Waals surface area (Å²) in [6.45, 7) is 7.54. The summed E-state index contributed by atoms with van der Waals surface area (Å²) in [4.78, 5) is 24.0. The summed E-state index contributed by atoms with van der Waals surface area (Å²) in [6, 6.07) is 13.1. The van der Waals surface area contributed by atoms with Gasteiger partial charge in [-0.25, -0.2) is 4.79 Å². The molecule has 24 heavy (non-hydrogen) atoms. The first-order valence-corrected chi connectivity index (χ1v) is 7.97. The molecule has 0 saturated heterocycles. The molecule has 2 rings (SSSR count). The highest BCUT2D eigenvalue weighted by molar-refractivity contribution is 5.92. The van der Waals surface area contributed by atoms with Crippen LogP contribution in [0.1, 0.15) is 45.6 Å². The molecule has 0 heterocycles. The SMILES string of the molecule is Cc1ccc([C@@H](C)NC(=O)COC(=O)c2ccccc2C)cc1C. The first-order valence-electron chi connectivity index (χ1n) is 7.97. The monoisotopic (exact) mass is 325 g/mol. The molecule has 4 nitrogen and oxygen atoms in total. The lowest BCUT2D eigenvalue weighted by atomic mass is 10.0. The molecule has 0 fully saturated rings. The topological polar surface area (TPSA) is 55.4 Å². The van der Waals surface area contributed by atoms with Crippen molar-refractivity contribution in [2.24, 2.45) is 0 Å². The van der Waals surface area contributed by atoms with Crippen LogP contribution in [0, 0.1) is 20.8 Å². The Morgan fingerprint density at radius 3 is 2.38 bits per heavy atom. The fraction of sp³-hybridized carbons (Fsp3) is 0.300. The first kappa shape index (κ1) is 17.7. The van der Waals surface area contributed by atoms with E-state index in [0.717, 1.165) is 11.1 Å². The lowest BCUT2D eigenvalue weighted by Gasteiger charge is -2.16. The van der Waals surface area contributed by atoms with Crippen LogP contribution in [0.3, 0.4) is 0 Å². The predicted molar refractivity (Wildman–Crippen MR) is 93.9 cm³/mol. The van der Waals surface area contributed by atoms with Gasteiger partial charge in [0.25, 0.3) is 5.91 Å². The van der Waals surface area contributed by atoms with Crippen LogP contribution in [-0.4, -0.2) is 18.5 Å². The van der Waals surface area contributed by atoms with Gasteiger partial charge < -0.3 is 10.1 Å². The minimum Gasteiger partial charge on any atom is -0.452 e. The molecule has 2 aromatic rings. The van der Waals surface area contributed by atoms with Crippen LogP contribution in [0.15, 0.2) is 42.5 Å². The van der Waals surface area contributed by atoms with Crippen LogP contribution < -0.4 is 5.32 Å². The number of hydrogen-bond acceptors (Lipinski definition) is 3. The van der Waals surface area contributed by atoms with Gasteiger partial charge in [-0.05, 0) is 56.0 Å². The Labute approximate surface area is 142 Å². The van der Waals surface area contributed by atoms with Crippen molar-refractivity contribution in [1.82, 2.24) is 5.32 Å². The molecule has 1 amide bonds. The van der Waals surface area contributed by atoms with Crippen LogP contribution in [0.5, 0.6) is 0 Å². The minimum absolute atomic E-state index is 0.144.